The summed E-state index contributed by atoms with van der Waals surface area (Å²) in [6, 6.07) is 10.2. The highest BCUT2D eigenvalue weighted by atomic mass is 16.5. The molecule has 1 aromatic heterocycles. The Bertz CT molecular complexity index is 1360. The first-order valence-electron chi connectivity index (χ1n) is 12.0. The molecule has 190 valence electrons. The third-order valence-electron chi connectivity index (χ3n) is 6.11. The summed E-state index contributed by atoms with van der Waals surface area (Å²) in [5.41, 5.74) is 2.27. The van der Waals surface area contributed by atoms with Gasteiger partial charge in [0.15, 0.2) is 0 Å². The van der Waals surface area contributed by atoms with Gasteiger partial charge in [0.05, 0.1) is 30.0 Å². The predicted molar refractivity (Wildman–Crippen MR) is 139 cm³/mol. The third kappa shape index (κ3) is 5.98. The number of aliphatic imine (C=N–C) groups is 1. The second-order valence-corrected chi connectivity index (χ2v) is 8.73. The maximum Gasteiger partial charge on any atom is 0.338 e. The molecule has 3 aromatic rings. The van der Waals surface area contributed by atoms with E-state index in [1.54, 1.807) is 24.3 Å². The normalized spacial score (nSPS) is 11.4. The summed E-state index contributed by atoms with van der Waals surface area (Å²) >= 11 is 0. The Morgan fingerprint density at radius 2 is 1.69 bits per heavy atom. The number of quaternary nitrogens is 1. The number of rotatable bonds is 9. The molecule has 0 atom stereocenters. The van der Waals surface area contributed by atoms with Gasteiger partial charge in [0, 0.05) is 6.21 Å². The van der Waals surface area contributed by atoms with E-state index in [0.717, 1.165) is 40.9 Å². The lowest BCUT2D eigenvalue weighted by Gasteiger charge is -2.15. The number of aryl methyl sites for hydroxylation is 3. The molecule has 1 heterocycles. The van der Waals surface area contributed by atoms with E-state index in [2.05, 4.69) is 23.8 Å². The van der Waals surface area contributed by atoms with E-state index >= 15 is 0 Å². The first-order chi connectivity index (χ1) is 17.2. The zero-order valence-electron chi connectivity index (χ0n) is 21.3. The molecule has 0 bridgehead atoms. The maximum atomic E-state index is 12.6. The lowest BCUT2D eigenvalue weighted by atomic mass is 10.0. The molecule has 0 radical (unpaired) electrons. The van der Waals surface area contributed by atoms with Crippen molar-refractivity contribution in [3.05, 3.63) is 85.1 Å². The summed E-state index contributed by atoms with van der Waals surface area (Å²) in [5.74, 6) is -0.917. The van der Waals surface area contributed by atoms with Crippen molar-refractivity contribution >= 4 is 17.9 Å². The molecule has 0 aliphatic heterocycles. The van der Waals surface area contributed by atoms with Crippen LogP contribution in [0.5, 0.6) is 5.88 Å². The highest BCUT2D eigenvalue weighted by molar-refractivity contribution is 5.90. The standard InChI is InChI=1S/C27H32N4O5/c1-6-30(7-2)12-13-36-26(34)20-8-10-21(11-9-20)28-16-22-24(32)29-27(35)31(25(22)33)23-18(4)14-17(3)15-19(23)5/h8-11,14-16,33H,6-7,12-13H2,1-5H3,(H,29,32,35)/p+1. The minimum atomic E-state index is -0.754. The Hall–Kier alpha value is -3.98. The molecule has 0 amide bonds. The number of aromatic amines is 1. The molecule has 0 saturated heterocycles. The number of hydrogen-bond donors (Lipinski definition) is 3. The molecule has 3 N–H and O–H groups in total. The summed E-state index contributed by atoms with van der Waals surface area (Å²) in [6.45, 7) is 12.8. The van der Waals surface area contributed by atoms with Crippen molar-refractivity contribution in [2.24, 2.45) is 4.99 Å². The molecule has 2 aromatic carbocycles. The Kier molecular flexibility index (Phi) is 8.60. The molecule has 0 unspecified atom stereocenters. The average Bonchev–Trinajstić information content (AvgIpc) is 2.83. The number of carbonyl (C=O) groups excluding carboxylic acids is 1. The molecule has 3 rings (SSSR count). The van der Waals surface area contributed by atoms with E-state index in [0.29, 0.717) is 23.5 Å². The van der Waals surface area contributed by atoms with Crippen LogP contribution in [0.4, 0.5) is 5.69 Å². The molecule has 0 aliphatic rings. The van der Waals surface area contributed by atoms with Crippen molar-refractivity contribution in [2.75, 3.05) is 26.2 Å². The minimum Gasteiger partial charge on any atom is -0.493 e. The summed E-state index contributed by atoms with van der Waals surface area (Å²) < 4.78 is 6.42. The van der Waals surface area contributed by atoms with E-state index in [1.165, 1.54) is 11.1 Å². The Balaban J connectivity index is 1.83. The van der Waals surface area contributed by atoms with Crippen LogP contribution in [0.15, 0.2) is 51.0 Å². The molecule has 9 heteroatoms. The number of carbonyl (C=O) groups is 1. The molecule has 0 spiro atoms. The highest BCUT2D eigenvalue weighted by Gasteiger charge is 2.17. The molecule has 0 aliphatic carbocycles. The fourth-order valence-corrected chi connectivity index (χ4v) is 4.19. The van der Waals surface area contributed by atoms with Gasteiger partial charge in [-0.1, -0.05) is 17.7 Å². The highest BCUT2D eigenvalue weighted by Crippen LogP contribution is 2.24. The number of aromatic nitrogens is 2. The van der Waals surface area contributed by atoms with Crippen molar-refractivity contribution in [3.8, 4) is 11.6 Å². The summed E-state index contributed by atoms with van der Waals surface area (Å²) in [4.78, 5) is 45.2. The molecular formula is C27H33N4O5+. The summed E-state index contributed by atoms with van der Waals surface area (Å²) in [7, 11) is 0. The van der Waals surface area contributed by atoms with Crippen molar-refractivity contribution in [2.45, 2.75) is 34.6 Å². The second kappa shape index (κ2) is 11.6. The van der Waals surface area contributed by atoms with Crippen LogP contribution in [0.3, 0.4) is 0 Å². The molecule has 36 heavy (non-hydrogen) atoms. The number of benzene rings is 2. The summed E-state index contributed by atoms with van der Waals surface area (Å²) in [6.07, 6.45) is 1.20. The van der Waals surface area contributed by atoms with E-state index in [4.69, 9.17) is 4.74 Å². The molecule has 0 fully saturated rings. The number of aromatic hydroxyl groups is 1. The van der Waals surface area contributed by atoms with Gasteiger partial charge in [0.2, 0.25) is 5.88 Å². The molecule has 0 saturated carbocycles. The average molecular weight is 494 g/mol. The van der Waals surface area contributed by atoms with Gasteiger partial charge in [-0.15, -0.1) is 0 Å². The topological polar surface area (TPSA) is 118 Å². The quantitative estimate of drug-likeness (QED) is 0.311. The van der Waals surface area contributed by atoms with E-state index in [-0.39, 0.29) is 5.56 Å². The monoisotopic (exact) mass is 493 g/mol. The largest absolute Gasteiger partial charge is 0.493 e. The van der Waals surface area contributed by atoms with Crippen LogP contribution in [-0.2, 0) is 4.74 Å². The smallest absolute Gasteiger partial charge is 0.338 e. The van der Waals surface area contributed by atoms with Gasteiger partial charge in [-0.05, 0) is 70.0 Å². The van der Waals surface area contributed by atoms with Crippen molar-refractivity contribution < 1.29 is 19.5 Å². The number of nitrogens with one attached hydrogen (secondary N) is 2. The van der Waals surface area contributed by atoms with E-state index in [9.17, 15) is 19.5 Å². The van der Waals surface area contributed by atoms with Crippen LogP contribution < -0.4 is 16.1 Å². The number of hydrogen-bond acceptors (Lipinski definition) is 6. The zero-order valence-corrected chi connectivity index (χ0v) is 21.3. The van der Waals surface area contributed by atoms with Gasteiger partial charge in [-0.25, -0.2) is 14.2 Å². The van der Waals surface area contributed by atoms with E-state index in [1.807, 2.05) is 32.9 Å². The lowest BCUT2D eigenvalue weighted by Crippen LogP contribution is -3.11. The van der Waals surface area contributed by atoms with Crippen LogP contribution in [-0.4, -0.2) is 53.1 Å². The zero-order chi connectivity index (χ0) is 26.4. The SMILES string of the molecule is CC[NH+](CC)CCOC(=O)c1ccc(N=Cc2c(O)n(-c3c(C)cc(C)cc3C)c(=O)[nH]c2=O)cc1. The first kappa shape index (κ1) is 26.6. The third-order valence-corrected chi connectivity index (χ3v) is 6.11. The maximum absolute atomic E-state index is 12.6. The summed E-state index contributed by atoms with van der Waals surface area (Å²) in [5, 5.41) is 10.9. The number of H-pyrrole nitrogens is 1. The first-order valence-corrected chi connectivity index (χ1v) is 12.0. The van der Waals surface area contributed by atoms with Crippen molar-refractivity contribution in [3.63, 3.8) is 0 Å². The van der Waals surface area contributed by atoms with Crippen molar-refractivity contribution in [1.82, 2.24) is 9.55 Å². The van der Waals surface area contributed by atoms with Gasteiger partial charge >= 0.3 is 11.7 Å². The lowest BCUT2D eigenvalue weighted by molar-refractivity contribution is -0.896. The number of nitrogens with zero attached hydrogens (tertiary/aromatic N) is 2. The van der Waals surface area contributed by atoms with Crippen LogP contribution in [0, 0.1) is 20.8 Å². The van der Waals surface area contributed by atoms with Crippen LogP contribution in [0.2, 0.25) is 0 Å². The Morgan fingerprint density at radius 3 is 2.28 bits per heavy atom. The Morgan fingerprint density at radius 1 is 1.08 bits per heavy atom. The van der Waals surface area contributed by atoms with Crippen molar-refractivity contribution in [1.29, 1.82) is 0 Å². The molecule has 9 nitrogen and oxygen atoms in total. The minimum absolute atomic E-state index is 0.156. The van der Waals surface area contributed by atoms with Gasteiger partial charge in [-0.3, -0.25) is 14.8 Å². The molecular weight excluding hydrogens is 460 g/mol. The van der Waals surface area contributed by atoms with E-state index < -0.39 is 23.1 Å². The fourth-order valence-electron chi connectivity index (χ4n) is 4.19. The fraction of sp³-hybridized carbons (Fsp3) is 0.333. The van der Waals surface area contributed by atoms with Crippen LogP contribution in [0.1, 0.15) is 46.5 Å². The van der Waals surface area contributed by atoms with Crippen LogP contribution in [0.25, 0.3) is 5.69 Å². The Labute approximate surface area is 209 Å². The number of ether oxygens (including phenoxy) is 1. The van der Waals surface area contributed by atoms with Gasteiger partial charge in [0.1, 0.15) is 18.7 Å². The van der Waals surface area contributed by atoms with Crippen LogP contribution >= 0.6 is 0 Å². The van der Waals surface area contributed by atoms with Gasteiger partial charge < -0.3 is 14.7 Å². The van der Waals surface area contributed by atoms with Gasteiger partial charge in [0.25, 0.3) is 5.56 Å². The number of esters is 1. The number of likely N-dealkylation sites (N-methyl/N-ethyl adjacent to an activating group) is 1. The van der Waals surface area contributed by atoms with Gasteiger partial charge in [-0.2, -0.15) is 0 Å². The predicted octanol–water partition coefficient (Wildman–Crippen LogP) is 1.99. The second-order valence-electron chi connectivity index (χ2n) is 8.73.